The van der Waals surface area contributed by atoms with Crippen LogP contribution in [-0.2, 0) is 0 Å². The van der Waals surface area contributed by atoms with Crippen LogP contribution >= 0.6 is 0 Å². The molecule has 0 radical (unpaired) electrons. The maximum atomic E-state index is 3.98. The zero-order valence-electron chi connectivity index (χ0n) is 7.54. The van der Waals surface area contributed by atoms with E-state index in [9.17, 15) is 0 Å². The molecule has 0 aromatic rings. The number of rotatable bonds is 2. The maximum absolute atomic E-state index is 3.98. The molecule has 0 amide bonds. The molecule has 0 bridgehead atoms. The molecular formula is C10H17N. The Balaban J connectivity index is 2.81. The van der Waals surface area contributed by atoms with Gasteiger partial charge in [-0.15, -0.1) is 0 Å². The Morgan fingerprint density at radius 2 is 2.00 bits per heavy atom. The molecule has 0 atom stereocenters. The second-order valence-electron chi connectivity index (χ2n) is 3.19. The van der Waals surface area contributed by atoms with Gasteiger partial charge in [0.05, 0.1) is 0 Å². The van der Waals surface area contributed by atoms with Crippen LogP contribution in [0.1, 0.15) is 32.6 Å². The number of hydrogen-bond donors (Lipinski definition) is 1. The summed E-state index contributed by atoms with van der Waals surface area (Å²) in [6.07, 6.45) is 5.07. The molecule has 1 nitrogen and oxygen atoms in total. The number of hydrogen-bond acceptors (Lipinski definition) is 1. The third-order valence-electron chi connectivity index (χ3n) is 2.28. The Labute approximate surface area is 69.2 Å². The molecule has 0 unspecified atom stereocenters. The molecule has 0 aromatic carbocycles. The fourth-order valence-corrected chi connectivity index (χ4v) is 1.65. The first-order valence-electron chi connectivity index (χ1n) is 4.31. The molecule has 1 aliphatic rings. The van der Waals surface area contributed by atoms with Gasteiger partial charge in [0.1, 0.15) is 0 Å². The lowest BCUT2D eigenvalue weighted by molar-refractivity contribution is 0.644. The topological polar surface area (TPSA) is 12.0 Å². The molecule has 0 heterocycles. The van der Waals surface area contributed by atoms with Crippen molar-refractivity contribution in [2.45, 2.75) is 32.6 Å². The van der Waals surface area contributed by atoms with E-state index in [1.165, 1.54) is 42.5 Å². The third-order valence-corrected chi connectivity index (χ3v) is 2.28. The van der Waals surface area contributed by atoms with Gasteiger partial charge in [0.25, 0.3) is 0 Å². The Morgan fingerprint density at radius 3 is 2.45 bits per heavy atom. The normalized spacial score (nSPS) is 18.4. The summed E-state index contributed by atoms with van der Waals surface area (Å²) in [6.45, 7) is 6.07. The van der Waals surface area contributed by atoms with E-state index < -0.39 is 0 Å². The minimum atomic E-state index is 1.21. The number of allylic oxidation sites excluding steroid dienone is 3. The SMILES string of the molecule is C=C(C)C1=C(NC)CCCC1. The van der Waals surface area contributed by atoms with Gasteiger partial charge in [-0.1, -0.05) is 12.2 Å². The summed E-state index contributed by atoms with van der Waals surface area (Å²) in [5.41, 5.74) is 4.09. The predicted octanol–water partition coefficient (Wildman–Crippen LogP) is 2.61. The molecule has 11 heavy (non-hydrogen) atoms. The van der Waals surface area contributed by atoms with Gasteiger partial charge in [0, 0.05) is 12.7 Å². The predicted molar refractivity (Wildman–Crippen MR) is 49.4 cm³/mol. The van der Waals surface area contributed by atoms with Crippen LogP contribution in [0.25, 0.3) is 0 Å². The molecule has 0 saturated heterocycles. The summed E-state index contributed by atoms with van der Waals surface area (Å²) in [6, 6.07) is 0. The van der Waals surface area contributed by atoms with Crippen molar-refractivity contribution in [3.8, 4) is 0 Å². The summed E-state index contributed by atoms with van der Waals surface area (Å²) in [5, 5.41) is 3.25. The first kappa shape index (κ1) is 8.38. The summed E-state index contributed by atoms with van der Waals surface area (Å²) >= 11 is 0. The highest BCUT2D eigenvalue weighted by molar-refractivity contribution is 5.32. The molecule has 0 spiro atoms. The van der Waals surface area contributed by atoms with E-state index in [1.54, 1.807) is 0 Å². The van der Waals surface area contributed by atoms with Gasteiger partial charge in [-0.25, -0.2) is 0 Å². The average Bonchev–Trinajstić information content (AvgIpc) is 2.04. The van der Waals surface area contributed by atoms with E-state index in [0.29, 0.717) is 0 Å². The van der Waals surface area contributed by atoms with Crippen molar-refractivity contribution in [1.82, 2.24) is 5.32 Å². The van der Waals surface area contributed by atoms with Crippen molar-refractivity contribution in [1.29, 1.82) is 0 Å². The van der Waals surface area contributed by atoms with Crippen LogP contribution in [0, 0.1) is 0 Å². The number of nitrogens with one attached hydrogen (secondary N) is 1. The summed E-state index contributed by atoms with van der Waals surface area (Å²) in [7, 11) is 2.00. The van der Waals surface area contributed by atoms with E-state index >= 15 is 0 Å². The van der Waals surface area contributed by atoms with E-state index in [0.717, 1.165) is 0 Å². The van der Waals surface area contributed by atoms with Crippen LogP contribution in [-0.4, -0.2) is 7.05 Å². The van der Waals surface area contributed by atoms with Crippen LogP contribution in [0.15, 0.2) is 23.4 Å². The molecule has 1 heteroatoms. The van der Waals surface area contributed by atoms with Crippen molar-refractivity contribution >= 4 is 0 Å². The molecule has 0 aliphatic heterocycles. The van der Waals surface area contributed by atoms with Crippen molar-refractivity contribution in [2.75, 3.05) is 7.05 Å². The fraction of sp³-hybridized carbons (Fsp3) is 0.600. The highest BCUT2D eigenvalue weighted by Gasteiger charge is 2.10. The van der Waals surface area contributed by atoms with Gasteiger partial charge in [0.2, 0.25) is 0 Å². The van der Waals surface area contributed by atoms with Crippen LogP contribution in [0.4, 0.5) is 0 Å². The third kappa shape index (κ3) is 1.86. The van der Waals surface area contributed by atoms with Crippen molar-refractivity contribution in [3.63, 3.8) is 0 Å². The fourth-order valence-electron chi connectivity index (χ4n) is 1.65. The van der Waals surface area contributed by atoms with Gasteiger partial charge in [-0.05, 0) is 38.2 Å². The summed E-state index contributed by atoms with van der Waals surface area (Å²) in [4.78, 5) is 0. The Morgan fingerprint density at radius 1 is 1.36 bits per heavy atom. The van der Waals surface area contributed by atoms with Crippen molar-refractivity contribution in [3.05, 3.63) is 23.4 Å². The van der Waals surface area contributed by atoms with Gasteiger partial charge in [-0.2, -0.15) is 0 Å². The highest BCUT2D eigenvalue weighted by atomic mass is 14.8. The molecular weight excluding hydrogens is 134 g/mol. The summed E-state index contributed by atoms with van der Waals surface area (Å²) < 4.78 is 0. The van der Waals surface area contributed by atoms with Crippen molar-refractivity contribution < 1.29 is 0 Å². The molecule has 1 aliphatic carbocycles. The van der Waals surface area contributed by atoms with Gasteiger partial charge in [0.15, 0.2) is 0 Å². The van der Waals surface area contributed by atoms with Gasteiger partial charge < -0.3 is 5.32 Å². The van der Waals surface area contributed by atoms with E-state index in [4.69, 9.17) is 0 Å². The zero-order chi connectivity index (χ0) is 8.27. The standard InChI is InChI=1S/C10H17N/c1-8(2)9-6-4-5-7-10(9)11-3/h11H,1,4-7H2,2-3H3. The van der Waals surface area contributed by atoms with Crippen LogP contribution in [0.5, 0.6) is 0 Å². The minimum Gasteiger partial charge on any atom is -0.391 e. The molecule has 1 rings (SSSR count). The molecule has 62 valence electrons. The molecule has 0 saturated carbocycles. The minimum absolute atomic E-state index is 1.21. The quantitative estimate of drug-likeness (QED) is 0.639. The van der Waals surface area contributed by atoms with E-state index in [2.05, 4.69) is 18.8 Å². The lowest BCUT2D eigenvalue weighted by atomic mass is 9.92. The second kappa shape index (κ2) is 3.61. The maximum Gasteiger partial charge on any atom is 0.0139 e. The van der Waals surface area contributed by atoms with E-state index in [1.807, 2.05) is 7.05 Å². The lowest BCUT2D eigenvalue weighted by Gasteiger charge is -2.20. The molecule has 1 N–H and O–H groups in total. The van der Waals surface area contributed by atoms with Gasteiger partial charge in [-0.3, -0.25) is 0 Å². The van der Waals surface area contributed by atoms with Crippen molar-refractivity contribution in [2.24, 2.45) is 0 Å². The van der Waals surface area contributed by atoms with Crippen LogP contribution in [0.3, 0.4) is 0 Å². The van der Waals surface area contributed by atoms with Crippen LogP contribution < -0.4 is 5.32 Å². The molecule has 0 fully saturated rings. The summed E-state index contributed by atoms with van der Waals surface area (Å²) in [5.74, 6) is 0. The smallest absolute Gasteiger partial charge is 0.0139 e. The average molecular weight is 151 g/mol. The Bertz CT molecular complexity index is 189. The first-order chi connectivity index (χ1) is 5.25. The second-order valence-corrected chi connectivity index (χ2v) is 3.19. The van der Waals surface area contributed by atoms with E-state index in [-0.39, 0.29) is 0 Å². The monoisotopic (exact) mass is 151 g/mol. The van der Waals surface area contributed by atoms with Gasteiger partial charge >= 0.3 is 0 Å². The highest BCUT2D eigenvalue weighted by Crippen LogP contribution is 2.26. The lowest BCUT2D eigenvalue weighted by Crippen LogP contribution is -2.13. The zero-order valence-corrected chi connectivity index (χ0v) is 7.54. The largest absolute Gasteiger partial charge is 0.391 e. The Kier molecular flexibility index (Phi) is 2.75. The Hall–Kier alpha value is -0.720. The van der Waals surface area contributed by atoms with Crippen LogP contribution in [0.2, 0.25) is 0 Å². The first-order valence-corrected chi connectivity index (χ1v) is 4.31. The molecule has 0 aromatic heterocycles.